The summed E-state index contributed by atoms with van der Waals surface area (Å²) in [7, 11) is 0. The Balaban J connectivity index is 2.22. The van der Waals surface area contributed by atoms with Crippen molar-refractivity contribution in [1.82, 2.24) is 0 Å². The van der Waals surface area contributed by atoms with Crippen molar-refractivity contribution in [3.8, 4) is 0 Å². The lowest BCUT2D eigenvalue weighted by atomic mass is 9.81. The first-order valence-electron chi connectivity index (χ1n) is 7.49. The molecule has 106 valence electrons. The molecule has 4 aromatic rings. The van der Waals surface area contributed by atoms with Crippen molar-refractivity contribution in [3.05, 3.63) is 71.8 Å². The first kappa shape index (κ1) is 12.2. The Hall–Kier alpha value is -2.42. The molecule has 1 aliphatic rings. The van der Waals surface area contributed by atoms with E-state index in [1.54, 1.807) is 0 Å². The molecule has 2 atom stereocenters. The molecule has 5 rings (SSSR count). The molecule has 0 aromatic heterocycles. The van der Waals surface area contributed by atoms with E-state index in [4.69, 9.17) is 0 Å². The van der Waals surface area contributed by atoms with Crippen molar-refractivity contribution < 1.29 is 10.2 Å². The molecule has 0 spiro atoms. The van der Waals surface area contributed by atoms with Crippen LogP contribution in [0.25, 0.3) is 32.3 Å². The van der Waals surface area contributed by atoms with E-state index in [-0.39, 0.29) is 0 Å². The van der Waals surface area contributed by atoms with E-state index in [2.05, 4.69) is 24.3 Å². The zero-order valence-corrected chi connectivity index (χ0v) is 11.8. The minimum absolute atomic E-state index is 0.819. The maximum absolute atomic E-state index is 10.5. The molecule has 1 aliphatic carbocycles. The van der Waals surface area contributed by atoms with E-state index in [0.29, 0.717) is 0 Å². The van der Waals surface area contributed by atoms with Crippen molar-refractivity contribution in [2.24, 2.45) is 0 Å². The number of hydrogen-bond donors (Lipinski definition) is 2. The molecule has 0 radical (unpaired) electrons. The predicted octanol–water partition coefficient (Wildman–Crippen LogP) is 4.23. The van der Waals surface area contributed by atoms with Crippen LogP contribution >= 0.6 is 0 Å². The second kappa shape index (κ2) is 4.07. The summed E-state index contributed by atoms with van der Waals surface area (Å²) in [4.78, 5) is 0. The number of rotatable bonds is 0. The molecular weight excluding hydrogens is 272 g/mol. The minimum atomic E-state index is -0.872. The van der Waals surface area contributed by atoms with Crippen LogP contribution in [0.4, 0.5) is 0 Å². The number of aliphatic hydroxyl groups is 2. The average molecular weight is 286 g/mol. The maximum Gasteiger partial charge on any atom is 0.110 e. The van der Waals surface area contributed by atoms with Crippen LogP contribution in [0.3, 0.4) is 0 Å². The van der Waals surface area contributed by atoms with Crippen LogP contribution in [0.1, 0.15) is 23.3 Å². The lowest BCUT2D eigenvalue weighted by molar-refractivity contribution is 0.0178. The SMILES string of the molecule is O[C@@H]1c2cccc3c4ccccc4c4cccc(c4c23)[C@H]1O. The molecule has 0 fully saturated rings. The molecule has 0 unspecified atom stereocenters. The first-order chi connectivity index (χ1) is 10.8. The van der Waals surface area contributed by atoms with E-state index in [1.165, 1.54) is 10.8 Å². The normalized spacial score (nSPS) is 20.3. The van der Waals surface area contributed by atoms with Crippen molar-refractivity contribution in [3.63, 3.8) is 0 Å². The third-order valence-corrected chi connectivity index (χ3v) is 4.89. The van der Waals surface area contributed by atoms with E-state index >= 15 is 0 Å². The molecule has 4 aromatic carbocycles. The predicted molar refractivity (Wildman–Crippen MR) is 88.9 cm³/mol. The van der Waals surface area contributed by atoms with Gasteiger partial charge in [0.1, 0.15) is 12.2 Å². The van der Waals surface area contributed by atoms with Gasteiger partial charge in [0.15, 0.2) is 0 Å². The minimum Gasteiger partial charge on any atom is -0.385 e. The molecule has 0 saturated carbocycles. The summed E-state index contributed by atoms with van der Waals surface area (Å²) in [6.45, 7) is 0. The largest absolute Gasteiger partial charge is 0.385 e. The Kier molecular flexibility index (Phi) is 2.25. The molecule has 2 N–H and O–H groups in total. The standard InChI is InChI=1S/C20H14O2/c21-19-15-9-3-7-13-11-5-1-2-6-12(11)14-8-4-10-16(20(19)22)18(14)17(13)15/h1-10,19-22H/t19-,20-/m1/s1. The Morgan fingerprint density at radius 3 is 1.36 bits per heavy atom. The molecule has 0 aliphatic heterocycles. The highest BCUT2D eigenvalue weighted by Crippen LogP contribution is 2.47. The van der Waals surface area contributed by atoms with Gasteiger partial charge >= 0.3 is 0 Å². The molecule has 2 nitrogen and oxygen atoms in total. The zero-order valence-electron chi connectivity index (χ0n) is 11.8. The molecule has 0 amide bonds. The second-order valence-corrected chi connectivity index (χ2v) is 5.97. The van der Waals surface area contributed by atoms with E-state index in [9.17, 15) is 10.2 Å². The second-order valence-electron chi connectivity index (χ2n) is 5.97. The van der Waals surface area contributed by atoms with Gasteiger partial charge in [0.2, 0.25) is 0 Å². The van der Waals surface area contributed by atoms with Gasteiger partial charge in [-0.05, 0) is 43.4 Å². The zero-order chi connectivity index (χ0) is 14.8. The lowest BCUT2D eigenvalue weighted by Crippen LogP contribution is -2.15. The molecule has 0 heterocycles. The topological polar surface area (TPSA) is 40.5 Å². The van der Waals surface area contributed by atoms with Gasteiger partial charge in [-0.25, -0.2) is 0 Å². The third kappa shape index (κ3) is 1.32. The summed E-state index contributed by atoms with van der Waals surface area (Å²) >= 11 is 0. The van der Waals surface area contributed by atoms with Crippen LogP contribution < -0.4 is 0 Å². The average Bonchev–Trinajstić information content (AvgIpc) is 2.58. The fourth-order valence-electron chi connectivity index (χ4n) is 3.93. The van der Waals surface area contributed by atoms with Gasteiger partial charge in [-0.2, -0.15) is 0 Å². The van der Waals surface area contributed by atoms with Gasteiger partial charge in [-0.1, -0.05) is 60.7 Å². The van der Waals surface area contributed by atoms with E-state index < -0.39 is 12.2 Å². The Morgan fingerprint density at radius 1 is 0.500 bits per heavy atom. The molecule has 22 heavy (non-hydrogen) atoms. The third-order valence-electron chi connectivity index (χ3n) is 4.89. The molecule has 0 saturated heterocycles. The van der Waals surface area contributed by atoms with Crippen LogP contribution in [0.2, 0.25) is 0 Å². The Morgan fingerprint density at radius 2 is 0.909 bits per heavy atom. The molecule has 0 bridgehead atoms. The van der Waals surface area contributed by atoms with Crippen LogP contribution in [-0.2, 0) is 0 Å². The lowest BCUT2D eigenvalue weighted by Gasteiger charge is -2.28. The number of benzene rings is 4. The number of fused-ring (bicyclic) bond motifs is 3. The highest BCUT2D eigenvalue weighted by molar-refractivity contribution is 6.27. The van der Waals surface area contributed by atoms with Gasteiger partial charge in [-0.3, -0.25) is 0 Å². The van der Waals surface area contributed by atoms with Crippen LogP contribution in [-0.4, -0.2) is 10.2 Å². The summed E-state index contributed by atoms with van der Waals surface area (Å²) in [5.74, 6) is 0. The number of hydrogen-bond acceptors (Lipinski definition) is 2. The van der Waals surface area contributed by atoms with Crippen molar-refractivity contribution in [2.75, 3.05) is 0 Å². The van der Waals surface area contributed by atoms with Crippen LogP contribution in [0.15, 0.2) is 60.7 Å². The summed E-state index contributed by atoms with van der Waals surface area (Å²) in [6.07, 6.45) is -1.74. The van der Waals surface area contributed by atoms with Crippen LogP contribution in [0.5, 0.6) is 0 Å². The van der Waals surface area contributed by atoms with Crippen molar-refractivity contribution in [2.45, 2.75) is 12.2 Å². The van der Waals surface area contributed by atoms with Gasteiger partial charge in [0.05, 0.1) is 0 Å². The first-order valence-corrected chi connectivity index (χ1v) is 7.49. The molecule has 2 heteroatoms. The monoisotopic (exact) mass is 286 g/mol. The fourth-order valence-corrected chi connectivity index (χ4v) is 3.93. The van der Waals surface area contributed by atoms with E-state index in [1.807, 2.05) is 36.4 Å². The van der Waals surface area contributed by atoms with Gasteiger partial charge in [-0.15, -0.1) is 0 Å². The summed E-state index contributed by atoms with van der Waals surface area (Å²) in [5.41, 5.74) is 1.64. The summed E-state index contributed by atoms with van der Waals surface area (Å²) in [5, 5.41) is 27.8. The van der Waals surface area contributed by atoms with Crippen molar-refractivity contribution in [1.29, 1.82) is 0 Å². The summed E-state index contributed by atoms with van der Waals surface area (Å²) < 4.78 is 0. The highest BCUT2D eigenvalue weighted by atomic mass is 16.3. The smallest absolute Gasteiger partial charge is 0.110 e. The van der Waals surface area contributed by atoms with Gasteiger partial charge in [0, 0.05) is 0 Å². The van der Waals surface area contributed by atoms with E-state index in [0.717, 1.165) is 32.7 Å². The van der Waals surface area contributed by atoms with Crippen LogP contribution in [0, 0.1) is 0 Å². The summed E-state index contributed by atoms with van der Waals surface area (Å²) in [6, 6.07) is 20.3. The Bertz CT molecular complexity index is 979. The quantitative estimate of drug-likeness (QED) is 0.475. The Labute approximate surface area is 127 Å². The van der Waals surface area contributed by atoms with Crippen molar-refractivity contribution >= 4 is 32.3 Å². The van der Waals surface area contributed by atoms with Gasteiger partial charge < -0.3 is 10.2 Å². The fraction of sp³-hybridized carbons (Fsp3) is 0.100. The maximum atomic E-state index is 10.5. The molecular formula is C20H14O2. The van der Waals surface area contributed by atoms with Gasteiger partial charge in [0.25, 0.3) is 0 Å². The highest BCUT2D eigenvalue weighted by Gasteiger charge is 2.30. The number of aliphatic hydroxyl groups excluding tert-OH is 2.